The van der Waals surface area contributed by atoms with Crippen LogP contribution in [0.3, 0.4) is 0 Å². The third-order valence-corrected chi connectivity index (χ3v) is 5.53. The molecule has 0 saturated heterocycles. The van der Waals surface area contributed by atoms with E-state index < -0.39 is 35.2 Å². The Balaban J connectivity index is 1.68. The van der Waals surface area contributed by atoms with E-state index in [1.807, 2.05) is 25.3 Å². The number of carbonyl (C=O) groups is 1. The zero-order valence-corrected chi connectivity index (χ0v) is 19.3. The van der Waals surface area contributed by atoms with Gasteiger partial charge in [-0.2, -0.15) is 0 Å². The summed E-state index contributed by atoms with van der Waals surface area (Å²) >= 11 is 1.08. The first-order chi connectivity index (χ1) is 15.7. The number of methoxy groups -OCH3 is 1. The summed E-state index contributed by atoms with van der Waals surface area (Å²) in [7, 11) is 1.58. The maximum absolute atomic E-state index is 13.8. The molecule has 3 rings (SSSR count). The van der Waals surface area contributed by atoms with Gasteiger partial charge in [-0.1, -0.05) is 11.8 Å². The Kier molecular flexibility index (Phi) is 7.85. The molecule has 11 heteroatoms. The molecule has 0 aliphatic rings. The number of halogens is 3. The maximum atomic E-state index is 13.8. The highest BCUT2D eigenvalue weighted by Crippen LogP contribution is 2.28. The predicted octanol–water partition coefficient (Wildman–Crippen LogP) is 5.16. The van der Waals surface area contributed by atoms with Gasteiger partial charge in [0.25, 0.3) is 0 Å². The number of amides is 1. The quantitative estimate of drug-likeness (QED) is 0.337. The first-order valence-corrected chi connectivity index (χ1v) is 11.0. The zero-order valence-electron chi connectivity index (χ0n) is 18.4. The number of aromatic nitrogens is 3. The van der Waals surface area contributed by atoms with Crippen LogP contribution in [0.25, 0.3) is 0 Å². The largest absolute Gasteiger partial charge is 0.497 e. The van der Waals surface area contributed by atoms with E-state index in [1.54, 1.807) is 31.4 Å². The predicted molar refractivity (Wildman–Crippen MR) is 118 cm³/mol. The summed E-state index contributed by atoms with van der Waals surface area (Å²) in [5, 5.41) is 11.1. The van der Waals surface area contributed by atoms with E-state index >= 15 is 0 Å². The molecule has 1 unspecified atom stereocenters. The van der Waals surface area contributed by atoms with Crippen LogP contribution in [-0.4, -0.2) is 33.5 Å². The van der Waals surface area contributed by atoms with Gasteiger partial charge < -0.3 is 19.4 Å². The topological polar surface area (TPSA) is 78.3 Å². The number of nitrogens with one attached hydrogen (secondary N) is 1. The van der Waals surface area contributed by atoms with Gasteiger partial charge in [-0.3, -0.25) is 4.79 Å². The van der Waals surface area contributed by atoms with E-state index in [0.717, 1.165) is 23.9 Å². The molecule has 1 heterocycles. The summed E-state index contributed by atoms with van der Waals surface area (Å²) in [5.74, 6) is -3.27. The van der Waals surface area contributed by atoms with Crippen molar-refractivity contribution in [1.29, 1.82) is 0 Å². The van der Waals surface area contributed by atoms with Crippen molar-refractivity contribution in [2.75, 3.05) is 18.2 Å². The van der Waals surface area contributed by atoms with Crippen molar-refractivity contribution in [1.82, 2.24) is 14.8 Å². The number of anilines is 1. The molecule has 1 N–H and O–H groups in total. The van der Waals surface area contributed by atoms with E-state index in [0.29, 0.717) is 22.5 Å². The van der Waals surface area contributed by atoms with Crippen LogP contribution in [0.5, 0.6) is 11.5 Å². The fraction of sp³-hybridized carbons (Fsp3) is 0.318. The molecule has 176 valence electrons. The second kappa shape index (κ2) is 10.6. The monoisotopic (exact) mass is 480 g/mol. The van der Waals surface area contributed by atoms with Crippen LogP contribution in [0.4, 0.5) is 18.9 Å². The van der Waals surface area contributed by atoms with Crippen LogP contribution in [-0.2, 0) is 4.79 Å². The normalized spacial score (nSPS) is 12.0. The van der Waals surface area contributed by atoms with E-state index in [-0.39, 0.29) is 11.8 Å². The number of carbonyl (C=O) groups excluding carboxylic acids is 1. The van der Waals surface area contributed by atoms with Crippen molar-refractivity contribution in [2.45, 2.75) is 38.1 Å². The Bertz CT molecular complexity index is 1120. The Hall–Kier alpha value is -3.21. The lowest BCUT2D eigenvalue weighted by Crippen LogP contribution is -2.17. The summed E-state index contributed by atoms with van der Waals surface area (Å²) in [5.41, 5.74) is -0.438. The zero-order chi connectivity index (χ0) is 24.1. The van der Waals surface area contributed by atoms with Gasteiger partial charge in [-0.25, -0.2) is 13.2 Å². The van der Waals surface area contributed by atoms with Crippen LogP contribution in [0.2, 0.25) is 0 Å². The van der Waals surface area contributed by atoms with Crippen LogP contribution >= 0.6 is 11.8 Å². The number of hydrogen-bond donors (Lipinski definition) is 1. The minimum atomic E-state index is -1.64. The van der Waals surface area contributed by atoms with Crippen molar-refractivity contribution in [2.24, 2.45) is 0 Å². The fourth-order valence-electron chi connectivity index (χ4n) is 3.00. The lowest BCUT2D eigenvalue weighted by molar-refractivity contribution is -0.113. The summed E-state index contributed by atoms with van der Waals surface area (Å²) in [4.78, 5) is 12.2. The molecule has 0 saturated carbocycles. The van der Waals surface area contributed by atoms with Crippen molar-refractivity contribution in [3.05, 3.63) is 59.7 Å². The van der Waals surface area contributed by atoms with Gasteiger partial charge in [0.2, 0.25) is 5.91 Å². The molecule has 1 amide bonds. The van der Waals surface area contributed by atoms with Gasteiger partial charge in [0.15, 0.2) is 34.5 Å². The maximum Gasteiger partial charge on any atom is 0.234 e. The SMILES string of the molecule is COc1ccc(OC(C)c2nnc(SCC(=O)Nc3ccc(F)c(F)c3F)n2C(C)C)cc1. The van der Waals surface area contributed by atoms with Gasteiger partial charge in [0.05, 0.1) is 18.6 Å². The molecule has 0 aliphatic carbocycles. The van der Waals surface area contributed by atoms with Gasteiger partial charge in [0, 0.05) is 6.04 Å². The van der Waals surface area contributed by atoms with Crippen molar-refractivity contribution < 1.29 is 27.4 Å². The van der Waals surface area contributed by atoms with Gasteiger partial charge in [0.1, 0.15) is 11.5 Å². The summed E-state index contributed by atoms with van der Waals surface area (Å²) in [6, 6.07) is 8.80. The molecule has 1 atom stereocenters. The molecule has 0 radical (unpaired) electrons. The smallest absolute Gasteiger partial charge is 0.234 e. The Morgan fingerprint density at radius 2 is 1.70 bits per heavy atom. The van der Waals surface area contributed by atoms with Crippen LogP contribution in [0, 0.1) is 17.5 Å². The minimum Gasteiger partial charge on any atom is -0.497 e. The number of thioether (sulfide) groups is 1. The van der Waals surface area contributed by atoms with Crippen LogP contribution in [0.15, 0.2) is 41.6 Å². The second-order valence-corrected chi connectivity index (χ2v) is 8.24. The Morgan fingerprint density at radius 1 is 1.03 bits per heavy atom. The van der Waals surface area contributed by atoms with Crippen molar-refractivity contribution >= 4 is 23.4 Å². The van der Waals surface area contributed by atoms with E-state index in [2.05, 4.69) is 15.5 Å². The second-order valence-electron chi connectivity index (χ2n) is 7.30. The average Bonchev–Trinajstić information content (AvgIpc) is 3.23. The summed E-state index contributed by atoms with van der Waals surface area (Å²) < 4.78 is 53.2. The molecule has 7 nitrogen and oxygen atoms in total. The molecular weight excluding hydrogens is 457 g/mol. The molecule has 33 heavy (non-hydrogen) atoms. The molecule has 0 aliphatic heterocycles. The minimum absolute atomic E-state index is 0.0360. The van der Waals surface area contributed by atoms with E-state index in [9.17, 15) is 18.0 Å². The van der Waals surface area contributed by atoms with Gasteiger partial charge >= 0.3 is 0 Å². The molecular formula is C22H23F3N4O3S. The number of benzene rings is 2. The highest BCUT2D eigenvalue weighted by Gasteiger charge is 2.22. The summed E-state index contributed by atoms with van der Waals surface area (Å²) in [6.07, 6.45) is -0.437. The summed E-state index contributed by atoms with van der Waals surface area (Å²) in [6.45, 7) is 5.71. The molecule has 1 aromatic heterocycles. The lowest BCUT2D eigenvalue weighted by Gasteiger charge is -2.19. The van der Waals surface area contributed by atoms with Crippen molar-refractivity contribution in [3.63, 3.8) is 0 Å². The standard InChI is InChI=1S/C22H23F3N4O3S/c1-12(2)29-21(13(3)32-15-7-5-14(31-4)6-8-15)27-28-22(29)33-11-18(30)26-17-10-9-16(23)19(24)20(17)25/h5-10,12-13H,11H2,1-4H3,(H,26,30). The highest BCUT2D eigenvalue weighted by atomic mass is 32.2. The molecule has 0 spiro atoms. The average molecular weight is 481 g/mol. The number of rotatable bonds is 9. The van der Waals surface area contributed by atoms with Crippen LogP contribution < -0.4 is 14.8 Å². The Labute approximate surface area is 193 Å². The third kappa shape index (κ3) is 5.78. The fourth-order valence-corrected chi connectivity index (χ4v) is 3.87. The van der Waals surface area contributed by atoms with Crippen molar-refractivity contribution in [3.8, 4) is 11.5 Å². The molecule has 0 bridgehead atoms. The third-order valence-electron chi connectivity index (χ3n) is 4.58. The molecule has 3 aromatic rings. The Morgan fingerprint density at radius 3 is 2.33 bits per heavy atom. The number of hydrogen-bond acceptors (Lipinski definition) is 6. The van der Waals surface area contributed by atoms with Gasteiger partial charge in [-0.15, -0.1) is 10.2 Å². The number of ether oxygens (including phenoxy) is 2. The molecule has 0 fully saturated rings. The van der Waals surface area contributed by atoms with E-state index in [1.165, 1.54) is 0 Å². The number of nitrogens with zero attached hydrogens (tertiary/aromatic N) is 3. The first-order valence-electron chi connectivity index (χ1n) is 10.0. The van der Waals surface area contributed by atoms with Crippen LogP contribution in [0.1, 0.15) is 38.7 Å². The molecule has 2 aromatic carbocycles. The first kappa shape index (κ1) is 24.4. The lowest BCUT2D eigenvalue weighted by atomic mass is 10.3. The highest BCUT2D eigenvalue weighted by molar-refractivity contribution is 7.99. The van der Waals surface area contributed by atoms with Gasteiger partial charge in [-0.05, 0) is 57.2 Å². The van der Waals surface area contributed by atoms with E-state index in [4.69, 9.17) is 9.47 Å².